The van der Waals surface area contributed by atoms with Crippen molar-refractivity contribution in [2.45, 2.75) is 6.92 Å². The molecule has 0 unspecified atom stereocenters. The fourth-order valence-corrected chi connectivity index (χ4v) is 3.48. The molecule has 2 N–H and O–H groups in total. The van der Waals surface area contributed by atoms with Crippen LogP contribution in [0.3, 0.4) is 0 Å². The number of nitrogens with one attached hydrogen (secondary N) is 2. The van der Waals surface area contributed by atoms with E-state index in [4.69, 9.17) is 21.4 Å². The van der Waals surface area contributed by atoms with Gasteiger partial charge in [0.2, 0.25) is 0 Å². The first-order chi connectivity index (χ1) is 17.0. The molecule has 0 fully saturated rings. The predicted octanol–water partition coefficient (Wildman–Crippen LogP) is 4.60. The van der Waals surface area contributed by atoms with Crippen molar-refractivity contribution in [2.75, 3.05) is 12.4 Å². The summed E-state index contributed by atoms with van der Waals surface area (Å²) in [7, 11) is 1.60. The molecular weight excluding hydrogens is 466 g/mol. The number of amides is 2. The second-order valence-corrected chi connectivity index (χ2v) is 7.91. The van der Waals surface area contributed by atoms with Crippen molar-refractivity contribution in [1.29, 1.82) is 0 Å². The molecule has 8 nitrogen and oxygen atoms in total. The second kappa shape index (κ2) is 10.7. The highest BCUT2D eigenvalue weighted by molar-refractivity contribution is 6.40. The van der Waals surface area contributed by atoms with Crippen LogP contribution < -0.4 is 15.5 Å². The maximum atomic E-state index is 12.3. The fourth-order valence-electron chi connectivity index (χ4n) is 3.30. The number of methoxy groups -OCH3 is 1. The lowest BCUT2D eigenvalue weighted by molar-refractivity contribution is -0.136. The summed E-state index contributed by atoms with van der Waals surface area (Å²) in [5.74, 6) is -1.05. The standard InChI is InChI=1S/C26H22ClN5O3/c1-17-22(27)9-6-10-23(17)29-25(33)26(34)30-28-15-19-16-32(20-7-4-3-5-8-20)31-24(19)18-11-13-21(35-2)14-12-18/h3-16H,1-2H3,(H,29,33)(H,30,34)/b28-15+. The number of ether oxygens (including phenoxy) is 1. The molecule has 0 aliphatic carbocycles. The number of hydrazone groups is 1. The highest BCUT2D eigenvalue weighted by Crippen LogP contribution is 2.25. The summed E-state index contributed by atoms with van der Waals surface area (Å²) in [6.45, 7) is 1.75. The molecule has 4 aromatic rings. The highest BCUT2D eigenvalue weighted by Gasteiger charge is 2.15. The van der Waals surface area contributed by atoms with Crippen LogP contribution in [0.1, 0.15) is 11.1 Å². The van der Waals surface area contributed by atoms with Gasteiger partial charge >= 0.3 is 11.8 Å². The fraction of sp³-hybridized carbons (Fsp3) is 0.0769. The lowest BCUT2D eigenvalue weighted by Gasteiger charge is -2.08. The van der Waals surface area contributed by atoms with E-state index in [-0.39, 0.29) is 0 Å². The molecule has 35 heavy (non-hydrogen) atoms. The Balaban J connectivity index is 1.54. The van der Waals surface area contributed by atoms with Gasteiger partial charge < -0.3 is 10.1 Å². The van der Waals surface area contributed by atoms with Crippen molar-refractivity contribution < 1.29 is 14.3 Å². The lowest BCUT2D eigenvalue weighted by atomic mass is 10.1. The van der Waals surface area contributed by atoms with E-state index in [1.807, 2.05) is 54.6 Å². The Morgan fingerprint density at radius 1 is 1.00 bits per heavy atom. The van der Waals surface area contributed by atoms with Gasteiger partial charge in [0.05, 0.1) is 19.0 Å². The summed E-state index contributed by atoms with van der Waals surface area (Å²) in [6, 6.07) is 22.1. The summed E-state index contributed by atoms with van der Waals surface area (Å²) < 4.78 is 6.95. The van der Waals surface area contributed by atoms with Crippen LogP contribution in [0.5, 0.6) is 5.75 Å². The average molecular weight is 488 g/mol. The minimum atomic E-state index is -0.915. The number of rotatable bonds is 6. The van der Waals surface area contributed by atoms with E-state index >= 15 is 0 Å². The third kappa shape index (κ3) is 5.56. The van der Waals surface area contributed by atoms with Gasteiger partial charge in [0.15, 0.2) is 0 Å². The lowest BCUT2D eigenvalue weighted by Crippen LogP contribution is -2.32. The number of halogens is 1. The van der Waals surface area contributed by atoms with E-state index in [0.717, 1.165) is 17.0 Å². The number of carbonyl (C=O) groups excluding carboxylic acids is 2. The maximum Gasteiger partial charge on any atom is 0.329 e. The van der Waals surface area contributed by atoms with Crippen molar-refractivity contribution in [3.63, 3.8) is 0 Å². The Bertz CT molecular complexity index is 1380. The Morgan fingerprint density at radius 3 is 2.46 bits per heavy atom. The van der Waals surface area contributed by atoms with Crippen LogP contribution in [0, 0.1) is 6.92 Å². The van der Waals surface area contributed by atoms with Crippen LogP contribution in [-0.4, -0.2) is 34.9 Å². The molecule has 9 heteroatoms. The summed E-state index contributed by atoms with van der Waals surface area (Å²) in [6.07, 6.45) is 3.24. The Morgan fingerprint density at radius 2 is 1.74 bits per heavy atom. The Hall–Kier alpha value is -4.43. The van der Waals surface area contributed by atoms with Gasteiger partial charge in [-0.25, -0.2) is 10.1 Å². The zero-order valence-electron chi connectivity index (χ0n) is 19.0. The van der Waals surface area contributed by atoms with Gasteiger partial charge in [-0.2, -0.15) is 10.2 Å². The molecule has 0 aliphatic heterocycles. The average Bonchev–Trinajstić information content (AvgIpc) is 3.31. The van der Waals surface area contributed by atoms with Crippen LogP contribution >= 0.6 is 11.6 Å². The van der Waals surface area contributed by atoms with Gasteiger partial charge in [0.1, 0.15) is 11.4 Å². The first-order valence-corrected chi connectivity index (χ1v) is 11.0. The SMILES string of the molecule is COc1ccc(-c2nn(-c3ccccc3)cc2/C=N/NC(=O)C(=O)Nc2cccc(Cl)c2C)cc1. The van der Waals surface area contributed by atoms with E-state index in [0.29, 0.717) is 27.5 Å². The zero-order chi connectivity index (χ0) is 24.8. The quantitative estimate of drug-likeness (QED) is 0.236. The smallest absolute Gasteiger partial charge is 0.329 e. The Kier molecular flexibility index (Phi) is 7.23. The molecule has 3 aromatic carbocycles. The van der Waals surface area contributed by atoms with Crippen LogP contribution in [0.25, 0.3) is 16.9 Å². The summed E-state index contributed by atoms with van der Waals surface area (Å²) >= 11 is 6.07. The monoisotopic (exact) mass is 487 g/mol. The van der Waals surface area contributed by atoms with Gasteiger partial charge in [0.25, 0.3) is 0 Å². The van der Waals surface area contributed by atoms with Gasteiger partial charge in [-0.3, -0.25) is 9.59 Å². The predicted molar refractivity (Wildman–Crippen MR) is 136 cm³/mol. The molecule has 2 amide bonds. The number of benzene rings is 3. The minimum Gasteiger partial charge on any atom is -0.497 e. The van der Waals surface area contributed by atoms with Crippen LogP contribution in [0.15, 0.2) is 84.1 Å². The number of carbonyl (C=O) groups is 2. The Labute approximate surface area is 207 Å². The zero-order valence-corrected chi connectivity index (χ0v) is 19.8. The number of aromatic nitrogens is 2. The summed E-state index contributed by atoms with van der Waals surface area (Å²) in [5, 5.41) is 11.7. The number of anilines is 1. The van der Waals surface area contributed by atoms with Crippen molar-refractivity contribution in [1.82, 2.24) is 15.2 Å². The van der Waals surface area contributed by atoms with Crippen LogP contribution in [-0.2, 0) is 9.59 Å². The van der Waals surface area contributed by atoms with E-state index in [9.17, 15) is 9.59 Å². The maximum absolute atomic E-state index is 12.3. The van der Waals surface area contributed by atoms with Gasteiger partial charge in [-0.05, 0) is 61.0 Å². The second-order valence-electron chi connectivity index (χ2n) is 7.51. The van der Waals surface area contributed by atoms with Crippen LogP contribution in [0.4, 0.5) is 5.69 Å². The topological polar surface area (TPSA) is 97.6 Å². The molecule has 0 atom stereocenters. The van der Waals surface area contributed by atoms with Gasteiger partial charge in [0, 0.05) is 28.0 Å². The van der Waals surface area contributed by atoms with E-state index < -0.39 is 11.8 Å². The van der Waals surface area contributed by atoms with E-state index in [1.165, 1.54) is 6.21 Å². The molecule has 0 bridgehead atoms. The third-order valence-electron chi connectivity index (χ3n) is 5.22. The van der Waals surface area contributed by atoms with Crippen molar-refractivity contribution in [3.8, 4) is 22.7 Å². The summed E-state index contributed by atoms with van der Waals surface area (Å²) in [5.41, 5.74) is 6.36. The third-order valence-corrected chi connectivity index (χ3v) is 5.63. The van der Waals surface area contributed by atoms with Crippen molar-refractivity contribution >= 4 is 35.3 Å². The molecular formula is C26H22ClN5O3. The number of nitrogens with zero attached hydrogens (tertiary/aromatic N) is 3. The van der Waals surface area contributed by atoms with Gasteiger partial charge in [-0.1, -0.05) is 35.9 Å². The molecule has 0 saturated carbocycles. The first-order valence-electron chi connectivity index (χ1n) is 10.7. The molecule has 1 heterocycles. The van der Waals surface area contributed by atoms with Gasteiger partial charge in [-0.15, -0.1) is 0 Å². The van der Waals surface area contributed by atoms with E-state index in [2.05, 4.69) is 15.8 Å². The molecule has 0 radical (unpaired) electrons. The van der Waals surface area contributed by atoms with Crippen molar-refractivity contribution in [3.05, 3.63) is 95.1 Å². The molecule has 1 aromatic heterocycles. The largest absolute Gasteiger partial charge is 0.497 e. The number of para-hydroxylation sites is 1. The molecule has 0 aliphatic rings. The molecule has 4 rings (SSSR count). The molecule has 0 saturated heterocycles. The summed E-state index contributed by atoms with van der Waals surface area (Å²) in [4.78, 5) is 24.6. The number of hydrogen-bond donors (Lipinski definition) is 2. The van der Waals surface area contributed by atoms with E-state index in [1.54, 1.807) is 43.1 Å². The normalized spacial score (nSPS) is 10.8. The van der Waals surface area contributed by atoms with Crippen LogP contribution in [0.2, 0.25) is 5.02 Å². The molecule has 176 valence electrons. The minimum absolute atomic E-state index is 0.451. The highest BCUT2D eigenvalue weighted by atomic mass is 35.5. The first kappa shape index (κ1) is 23.7. The number of hydrogen-bond acceptors (Lipinski definition) is 5. The molecule has 0 spiro atoms. The van der Waals surface area contributed by atoms with Crippen molar-refractivity contribution in [2.24, 2.45) is 5.10 Å².